The Morgan fingerprint density at radius 3 is 1.93 bits per heavy atom. The highest BCUT2D eigenvalue weighted by Crippen LogP contribution is 2.49. The van der Waals surface area contributed by atoms with Crippen molar-refractivity contribution in [3.8, 4) is 0 Å². The van der Waals surface area contributed by atoms with E-state index < -0.39 is 0 Å². The molecule has 0 N–H and O–H groups in total. The van der Waals surface area contributed by atoms with Gasteiger partial charge in [0.25, 0.3) is 0 Å². The molecule has 0 bridgehead atoms. The molecule has 2 aromatic carbocycles. The summed E-state index contributed by atoms with van der Waals surface area (Å²) in [6.45, 7) is 1.16. The first-order chi connectivity index (χ1) is 14.0. The zero-order valence-corrected chi connectivity index (χ0v) is 20.4. The summed E-state index contributed by atoms with van der Waals surface area (Å²) in [5, 5.41) is 0. The highest BCUT2D eigenvalue weighted by atomic mass is 79.9. The molecule has 0 radical (unpaired) electrons. The maximum atomic E-state index is 3.57. The topological polar surface area (TPSA) is 3.01 Å². The number of aryl methyl sites for hydroxylation is 2. The Bertz CT molecular complexity index is 857. The van der Waals surface area contributed by atoms with E-state index in [2.05, 4.69) is 98.2 Å². The standard InChI is InChI=1S/C26H30Br2N/c1-29-18-14-25-22(19-29)3-2-15-26(25,16-12-20-4-8-23(27)9-5-20)17-13-21-6-10-24(28)11-7-21/h4-11,19H,2-3,12-18H2,1H3/q+1. The Balaban J connectivity index is 1.60. The summed E-state index contributed by atoms with van der Waals surface area (Å²) < 4.78 is 4.72. The minimum absolute atomic E-state index is 0.353. The molecule has 0 saturated heterocycles. The molecule has 29 heavy (non-hydrogen) atoms. The van der Waals surface area contributed by atoms with Crippen LogP contribution in [0.4, 0.5) is 0 Å². The van der Waals surface area contributed by atoms with E-state index in [-0.39, 0.29) is 0 Å². The summed E-state index contributed by atoms with van der Waals surface area (Å²) in [5.74, 6) is 0. The van der Waals surface area contributed by atoms with Gasteiger partial charge in [-0.2, -0.15) is 0 Å². The second-order valence-corrected chi connectivity index (χ2v) is 10.6. The summed E-state index contributed by atoms with van der Waals surface area (Å²) in [4.78, 5) is 0. The molecule has 0 spiro atoms. The fourth-order valence-corrected chi connectivity index (χ4v) is 5.72. The lowest BCUT2D eigenvalue weighted by molar-refractivity contribution is -0.493. The van der Waals surface area contributed by atoms with Crippen molar-refractivity contribution in [2.45, 2.75) is 51.4 Å². The highest BCUT2D eigenvalue weighted by molar-refractivity contribution is 9.10. The number of benzene rings is 2. The first-order valence-corrected chi connectivity index (χ1v) is 12.4. The lowest BCUT2D eigenvalue weighted by Crippen LogP contribution is -2.34. The normalized spacial score (nSPS) is 18.4. The SMILES string of the molecule is C[N+]1=CC2=C(CC1)C(CCc1ccc(Br)cc1)(CCc1ccc(Br)cc1)CCC2. The predicted molar refractivity (Wildman–Crippen MR) is 130 cm³/mol. The largest absolute Gasteiger partial charge is 0.238 e. The Morgan fingerprint density at radius 1 is 0.828 bits per heavy atom. The van der Waals surface area contributed by atoms with E-state index in [0.717, 1.165) is 6.54 Å². The summed E-state index contributed by atoms with van der Waals surface area (Å²) in [5.41, 5.74) is 6.68. The summed E-state index contributed by atoms with van der Waals surface area (Å²) in [7, 11) is 2.23. The summed E-state index contributed by atoms with van der Waals surface area (Å²) in [6, 6.07) is 17.8. The number of hydrogen-bond acceptors (Lipinski definition) is 0. The van der Waals surface area contributed by atoms with E-state index in [0.29, 0.717) is 5.41 Å². The van der Waals surface area contributed by atoms with Crippen molar-refractivity contribution in [1.29, 1.82) is 0 Å². The zero-order valence-electron chi connectivity index (χ0n) is 17.3. The number of halogens is 2. The maximum Gasteiger partial charge on any atom is 0.166 e. The van der Waals surface area contributed by atoms with Gasteiger partial charge in [-0.1, -0.05) is 56.1 Å². The van der Waals surface area contributed by atoms with Crippen LogP contribution >= 0.6 is 31.9 Å². The van der Waals surface area contributed by atoms with Crippen LogP contribution in [-0.2, 0) is 12.8 Å². The molecule has 0 saturated carbocycles. The predicted octanol–water partition coefficient (Wildman–Crippen LogP) is 7.36. The van der Waals surface area contributed by atoms with E-state index >= 15 is 0 Å². The van der Waals surface area contributed by atoms with Crippen LogP contribution in [0.25, 0.3) is 0 Å². The van der Waals surface area contributed by atoms with Gasteiger partial charge < -0.3 is 0 Å². The number of hydrogen-bond donors (Lipinski definition) is 0. The molecule has 1 aliphatic carbocycles. The van der Waals surface area contributed by atoms with Gasteiger partial charge in [-0.25, -0.2) is 4.58 Å². The van der Waals surface area contributed by atoms with Gasteiger partial charge in [-0.3, -0.25) is 0 Å². The second-order valence-electron chi connectivity index (χ2n) is 8.75. The van der Waals surface area contributed by atoms with Gasteiger partial charge in [0.15, 0.2) is 6.21 Å². The van der Waals surface area contributed by atoms with Crippen LogP contribution in [0.2, 0.25) is 0 Å². The monoisotopic (exact) mass is 514 g/mol. The van der Waals surface area contributed by atoms with Crippen LogP contribution in [-0.4, -0.2) is 24.4 Å². The van der Waals surface area contributed by atoms with Crippen LogP contribution in [0.1, 0.15) is 49.7 Å². The van der Waals surface area contributed by atoms with E-state index in [1.807, 2.05) is 0 Å². The Labute approximate surface area is 192 Å². The molecule has 152 valence electrons. The third-order valence-electron chi connectivity index (χ3n) is 6.83. The van der Waals surface area contributed by atoms with Gasteiger partial charge in [0.2, 0.25) is 0 Å². The Morgan fingerprint density at radius 2 is 1.38 bits per heavy atom. The molecule has 1 heterocycles. The van der Waals surface area contributed by atoms with E-state index in [9.17, 15) is 0 Å². The maximum absolute atomic E-state index is 3.57. The van der Waals surface area contributed by atoms with Crippen LogP contribution in [0.3, 0.4) is 0 Å². The van der Waals surface area contributed by atoms with Crippen molar-refractivity contribution in [1.82, 2.24) is 0 Å². The highest BCUT2D eigenvalue weighted by Gasteiger charge is 2.39. The Kier molecular flexibility index (Phi) is 6.76. The summed E-state index contributed by atoms with van der Waals surface area (Å²) >= 11 is 7.14. The lowest BCUT2D eigenvalue weighted by atomic mass is 9.63. The third kappa shape index (κ3) is 5.11. The Hall–Kier alpha value is -1.19. The molecule has 0 unspecified atom stereocenters. The molecule has 2 aliphatic rings. The molecule has 0 amide bonds. The number of rotatable bonds is 6. The van der Waals surface area contributed by atoms with Gasteiger partial charge in [-0.05, 0) is 91.3 Å². The fraction of sp³-hybridized carbons (Fsp3) is 0.423. The van der Waals surface area contributed by atoms with E-state index in [1.165, 1.54) is 71.4 Å². The average molecular weight is 516 g/mol. The molecule has 0 fully saturated rings. The van der Waals surface area contributed by atoms with Gasteiger partial charge in [-0.15, -0.1) is 0 Å². The first kappa shape index (κ1) is 21.1. The minimum atomic E-state index is 0.353. The van der Waals surface area contributed by atoms with Crippen molar-refractivity contribution in [2.24, 2.45) is 5.41 Å². The van der Waals surface area contributed by atoms with Gasteiger partial charge in [0.05, 0.1) is 0 Å². The molecular weight excluding hydrogens is 486 g/mol. The van der Waals surface area contributed by atoms with Crippen molar-refractivity contribution in [2.75, 3.05) is 13.6 Å². The molecule has 2 aromatic rings. The van der Waals surface area contributed by atoms with Crippen molar-refractivity contribution < 1.29 is 4.58 Å². The smallest absolute Gasteiger partial charge is 0.166 e. The molecule has 3 heteroatoms. The number of allylic oxidation sites excluding steroid dienone is 1. The molecule has 4 rings (SSSR count). The molecule has 0 aromatic heterocycles. The van der Waals surface area contributed by atoms with Crippen LogP contribution < -0.4 is 0 Å². The third-order valence-corrected chi connectivity index (χ3v) is 7.89. The lowest BCUT2D eigenvalue weighted by Gasteiger charge is -2.42. The molecule has 1 aliphatic heterocycles. The van der Waals surface area contributed by atoms with E-state index in [1.54, 1.807) is 11.1 Å². The average Bonchev–Trinajstić information content (AvgIpc) is 2.73. The quantitative estimate of drug-likeness (QED) is 0.353. The van der Waals surface area contributed by atoms with Crippen LogP contribution in [0, 0.1) is 5.41 Å². The molecule has 0 atom stereocenters. The van der Waals surface area contributed by atoms with Crippen molar-refractivity contribution in [3.63, 3.8) is 0 Å². The van der Waals surface area contributed by atoms with Gasteiger partial charge in [0.1, 0.15) is 13.6 Å². The minimum Gasteiger partial charge on any atom is -0.238 e. The van der Waals surface area contributed by atoms with Gasteiger partial charge in [0, 0.05) is 20.9 Å². The molecule has 1 nitrogen and oxygen atoms in total. The zero-order chi connectivity index (χ0) is 20.3. The second kappa shape index (κ2) is 9.31. The van der Waals surface area contributed by atoms with E-state index in [4.69, 9.17) is 0 Å². The van der Waals surface area contributed by atoms with Crippen LogP contribution in [0.15, 0.2) is 68.6 Å². The van der Waals surface area contributed by atoms with Crippen LogP contribution in [0.5, 0.6) is 0 Å². The fourth-order valence-electron chi connectivity index (χ4n) is 5.19. The first-order valence-electron chi connectivity index (χ1n) is 10.8. The van der Waals surface area contributed by atoms with Crippen molar-refractivity contribution >= 4 is 38.1 Å². The van der Waals surface area contributed by atoms with Crippen molar-refractivity contribution in [3.05, 3.63) is 79.7 Å². The molecular formula is C26H30Br2N+. The number of nitrogens with zero attached hydrogens (tertiary/aromatic N) is 1. The van der Waals surface area contributed by atoms with Gasteiger partial charge >= 0.3 is 0 Å². The summed E-state index contributed by atoms with van der Waals surface area (Å²) in [6.07, 6.45) is 12.5.